The minimum absolute atomic E-state index is 0.188. The summed E-state index contributed by atoms with van der Waals surface area (Å²) in [4.78, 5) is 17.4. The maximum atomic E-state index is 12.3. The van der Waals surface area contributed by atoms with Gasteiger partial charge in [-0.25, -0.2) is 4.99 Å². The van der Waals surface area contributed by atoms with E-state index >= 15 is 0 Å². The maximum Gasteiger partial charge on any atom is 0.264 e. The molecule has 1 fully saturated rings. The number of amides is 1. The highest BCUT2D eigenvalue weighted by molar-refractivity contribution is 8.18. The van der Waals surface area contributed by atoms with Crippen molar-refractivity contribution in [1.82, 2.24) is 5.32 Å². The van der Waals surface area contributed by atoms with Gasteiger partial charge in [0.05, 0.1) is 24.3 Å². The number of nitrogens with one attached hydrogen (secondary N) is 1. The lowest BCUT2D eigenvalue weighted by Crippen LogP contribution is -2.19. The monoisotopic (exact) mass is 402 g/mol. The molecule has 1 saturated heterocycles. The molecule has 1 aliphatic rings. The van der Waals surface area contributed by atoms with Crippen molar-refractivity contribution in [1.29, 1.82) is 0 Å². The molecule has 1 amide bonds. The van der Waals surface area contributed by atoms with Crippen molar-refractivity contribution in [2.75, 3.05) is 13.7 Å². The lowest BCUT2D eigenvalue weighted by molar-refractivity contribution is -0.115. The fourth-order valence-electron chi connectivity index (χ4n) is 2.51. The molecular weight excluding hydrogens is 384 g/mol. The molecule has 1 heterocycles. The van der Waals surface area contributed by atoms with E-state index in [2.05, 4.69) is 10.3 Å². The van der Waals surface area contributed by atoms with Crippen LogP contribution in [0.25, 0.3) is 6.08 Å². The largest absolute Gasteiger partial charge is 0.493 e. The molecule has 5 nitrogen and oxygen atoms in total. The van der Waals surface area contributed by atoms with Crippen LogP contribution in [0, 0.1) is 6.92 Å². The number of nitrogens with zero attached hydrogens (tertiary/aromatic N) is 1. The van der Waals surface area contributed by atoms with Crippen LogP contribution in [0.4, 0.5) is 5.69 Å². The second-order valence-corrected chi connectivity index (χ2v) is 7.15. The summed E-state index contributed by atoms with van der Waals surface area (Å²) in [6.45, 7) is 4.33. The first-order valence-corrected chi connectivity index (χ1v) is 9.56. The Morgan fingerprint density at radius 3 is 2.81 bits per heavy atom. The van der Waals surface area contributed by atoms with Crippen molar-refractivity contribution < 1.29 is 14.3 Å². The fraction of sp³-hybridized carbons (Fsp3) is 0.200. The van der Waals surface area contributed by atoms with E-state index in [1.807, 2.05) is 50.2 Å². The van der Waals surface area contributed by atoms with E-state index in [0.29, 0.717) is 33.2 Å². The van der Waals surface area contributed by atoms with Crippen LogP contribution in [0.5, 0.6) is 11.5 Å². The van der Waals surface area contributed by atoms with Crippen LogP contribution in [0.1, 0.15) is 18.1 Å². The molecule has 0 radical (unpaired) electrons. The Balaban J connectivity index is 1.86. The number of thioether (sulfide) groups is 1. The zero-order valence-corrected chi connectivity index (χ0v) is 16.8. The van der Waals surface area contributed by atoms with Gasteiger partial charge in [0.1, 0.15) is 0 Å². The highest BCUT2D eigenvalue weighted by Crippen LogP contribution is 2.33. The van der Waals surface area contributed by atoms with Crippen molar-refractivity contribution in [2.45, 2.75) is 13.8 Å². The number of carbonyl (C=O) groups is 1. The van der Waals surface area contributed by atoms with E-state index in [1.165, 1.54) is 11.8 Å². The summed E-state index contributed by atoms with van der Waals surface area (Å²) in [6.07, 6.45) is 1.80. The molecule has 0 spiro atoms. The van der Waals surface area contributed by atoms with Crippen LogP contribution < -0.4 is 14.8 Å². The maximum absolute atomic E-state index is 12.3. The van der Waals surface area contributed by atoms with Crippen molar-refractivity contribution in [3.8, 4) is 11.5 Å². The summed E-state index contributed by atoms with van der Waals surface area (Å²) in [5.41, 5.74) is 2.45. The Hall–Kier alpha value is -2.44. The van der Waals surface area contributed by atoms with Gasteiger partial charge in [0, 0.05) is 5.02 Å². The number of hydrogen-bond donors (Lipinski definition) is 1. The van der Waals surface area contributed by atoms with Gasteiger partial charge in [0.15, 0.2) is 16.7 Å². The molecule has 1 aliphatic heterocycles. The molecule has 27 heavy (non-hydrogen) atoms. The lowest BCUT2D eigenvalue weighted by Gasteiger charge is -2.09. The first kappa shape index (κ1) is 19.3. The molecule has 0 bridgehead atoms. The molecule has 2 aromatic carbocycles. The highest BCUT2D eigenvalue weighted by Gasteiger charge is 2.24. The topological polar surface area (TPSA) is 59.9 Å². The first-order valence-electron chi connectivity index (χ1n) is 8.37. The van der Waals surface area contributed by atoms with Crippen LogP contribution in [0.3, 0.4) is 0 Å². The van der Waals surface area contributed by atoms with E-state index in [1.54, 1.807) is 13.2 Å². The summed E-state index contributed by atoms with van der Waals surface area (Å²) in [5, 5.41) is 3.95. The molecule has 1 N–H and O–H groups in total. The van der Waals surface area contributed by atoms with Crippen LogP contribution in [0.15, 0.2) is 46.3 Å². The minimum atomic E-state index is -0.188. The molecule has 0 aromatic heterocycles. The molecule has 0 saturated carbocycles. The number of aliphatic imine (C=N–C) groups is 1. The molecule has 0 unspecified atom stereocenters. The van der Waals surface area contributed by atoms with Crippen LogP contribution in [-0.2, 0) is 4.79 Å². The van der Waals surface area contributed by atoms with Crippen molar-refractivity contribution in [3.05, 3.63) is 57.5 Å². The zero-order valence-electron chi connectivity index (χ0n) is 15.2. The number of methoxy groups -OCH3 is 1. The van der Waals surface area contributed by atoms with Crippen LogP contribution in [0.2, 0.25) is 5.02 Å². The highest BCUT2D eigenvalue weighted by atomic mass is 35.5. The molecule has 0 aliphatic carbocycles. The van der Waals surface area contributed by atoms with Crippen molar-refractivity contribution in [2.24, 2.45) is 4.99 Å². The Morgan fingerprint density at radius 2 is 2.07 bits per heavy atom. The fourth-order valence-corrected chi connectivity index (χ4v) is 3.51. The number of ether oxygens (including phenoxy) is 2. The Bertz CT molecular complexity index is 941. The standard InChI is InChI=1S/C20H19ClN2O3S/c1-4-26-17-10-13(8-9-16(17)25-3)11-18-19(24)23-20(27-18)22-15-7-5-6-14(21)12(15)2/h5-11H,4H2,1-3H3,(H,22,23,24)/b18-11+. The Labute approximate surface area is 167 Å². The SMILES string of the molecule is CCOc1cc(/C=C2/SC(=Nc3cccc(Cl)c3C)NC2=O)ccc1OC. The molecule has 140 valence electrons. The van der Waals surface area contributed by atoms with Gasteiger partial charge in [-0.05, 0) is 67.1 Å². The van der Waals surface area contributed by atoms with Crippen LogP contribution >= 0.6 is 23.4 Å². The van der Waals surface area contributed by atoms with Gasteiger partial charge in [0.2, 0.25) is 0 Å². The van der Waals surface area contributed by atoms with E-state index in [9.17, 15) is 4.79 Å². The third-order valence-electron chi connectivity index (χ3n) is 3.90. The van der Waals surface area contributed by atoms with Gasteiger partial charge in [-0.2, -0.15) is 0 Å². The molecule has 3 rings (SSSR count). The number of benzene rings is 2. The van der Waals surface area contributed by atoms with E-state index in [-0.39, 0.29) is 5.91 Å². The van der Waals surface area contributed by atoms with Crippen molar-refractivity contribution >= 4 is 46.2 Å². The van der Waals surface area contributed by atoms with E-state index in [4.69, 9.17) is 21.1 Å². The number of rotatable bonds is 5. The lowest BCUT2D eigenvalue weighted by atomic mass is 10.2. The van der Waals surface area contributed by atoms with Gasteiger partial charge in [-0.3, -0.25) is 4.79 Å². The van der Waals surface area contributed by atoms with Gasteiger partial charge in [0.25, 0.3) is 5.91 Å². The van der Waals surface area contributed by atoms with Gasteiger partial charge >= 0.3 is 0 Å². The second-order valence-electron chi connectivity index (χ2n) is 5.71. The number of amidine groups is 1. The quantitative estimate of drug-likeness (QED) is 0.719. The minimum Gasteiger partial charge on any atom is -0.493 e. The summed E-state index contributed by atoms with van der Waals surface area (Å²) >= 11 is 7.42. The predicted molar refractivity (Wildman–Crippen MR) is 111 cm³/mol. The van der Waals surface area contributed by atoms with Crippen LogP contribution in [-0.4, -0.2) is 24.8 Å². The predicted octanol–water partition coefficient (Wildman–Crippen LogP) is 4.95. The van der Waals surface area contributed by atoms with E-state index < -0.39 is 0 Å². The number of carbonyl (C=O) groups excluding carboxylic acids is 1. The smallest absolute Gasteiger partial charge is 0.264 e. The third kappa shape index (κ3) is 4.46. The molecule has 2 aromatic rings. The Morgan fingerprint density at radius 1 is 1.26 bits per heavy atom. The summed E-state index contributed by atoms with van der Waals surface area (Å²) in [6, 6.07) is 11.0. The average Bonchev–Trinajstić information content (AvgIpc) is 2.99. The third-order valence-corrected chi connectivity index (χ3v) is 5.22. The normalized spacial score (nSPS) is 16.7. The van der Waals surface area contributed by atoms with Gasteiger partial charge in [-0.1, -0.05) is 23.7 Å². The second kappa shape index (κ2) is 8.50. The summed E-state index contributed by atoms with van der Waals surface area (Å²) in [7, 11) is 1.59. The van der Waals surface area contributed by atoms with Gasteiger partial charge < -0.3 is 14.8 Å². The number of halogens is 1. The van der Waals surface area contributed by atoms with Gasteiger partial charge in [-0.15, -0.1) is 0 Å². The molecule has 7 heteroatoms. The van der Waals surface area contributed by atoms with E-state index in [0.717, 1.165) is 16.8 Å². The molecule has 0 atom stereocenters. The van der Waals surface area contributed by atoms with Crippen molar-refractivity contribution in [3.63, 3.8) is 0 Å². The molecular formula is C20H19ClN2O3S. The first-order chi connectivity index (χ1) is 13.0. The average molecular weight is 403 g/mol. The summed E-state index contributed by atoms with van der Waals surface area (Å²) < 4.78 is 10.9. The summed E-state index contributed by atoms with van der Waals surface area (Å²) in [5.74, 6) is 1.11. The number of hydrogen-bond acceptors (Lipinski definition) is 5. The Kier molecular flexibility index (Phi) is 6.08. The zero-order chi connectivity index (χ0) is 19.4.